The Morgan fingerprint density at radius 1 is 1.09 bits per heavy atom. The van der Waals surface area contributed by atoms with Gasteiger partial charge >= 0.3 is 0 Å². The van der Waals surface area contributed by atoms with Crippen molar-refractivity contribution in [1.82, 2.24) is 20.0 Å². The van der Waals surface area contributed by atoms with Crippen LogP contribution in [0.4, 0.5) is 0 Å². The van der Waals surface area contributed by atoms with Gasteiger partial charge in [0.25, 0.3) is 0 Å². The third-order valence-electron chi connectivity index (χ3n) is 5.60. The first kappa shape index (κ1) is 27.5. The molecule has 2 aliphatic heterocycles. The summed E-state index contributed by atoms with van der Waals surface area (Å²) >= 11 is 0. The highest BCUT2D eigenvalue weighted by molar-refractivity contribution is 14.0. The summed E-state index contributed by atoms with van der Waals surface area (Å²) in [4.78, 5) is 23.7. The summed E-state index contributed by atoms with van der Waals surface area (Å²) in [6.07, 6.45) is 0.833. The van der Waals surface area contributed by atoms with Crippen molar-refractivity contribution >= 4 is 35.8 Å². The summed E-state index contributed by atoms with van der Waals surface area (Å²) in [6, 6.07) is 7.64. The summed E-state index contributed by atoms with van der Waals surface area (Å²) in [5.41, 5.74) is 0. The lowest BCUT2D eigenvalue weighted by molar-refractivity contribution is -0.136. The molecule has 2 saturated heterocycles. The van der Waals surface area contributed by atoms with E-state index < -0.39 is 0 Å². The van der Waals surface area contributed by atoms with Crippen LogP contribution in [0, 0.1) is 0 Å². The molecule has 0 aromatic heterocycles. The van der Waals surface area contributed by atoms with Gasteiger partial charge in [-0.3, -0.25) is 14.7 Å². The van der Waals surface area contributed by atoms with Crippen LogP contribution >= 0.6 is 24.0 Å². The number of nitrogens with zero attached hydrogens (tertiary/aromatic N) is 4. The lowest BCUT2D eigenvalue weighted by Crippen LogP contribution is -2.55. The highest BCUT2D eigenvalue weighted by Crippen LogP contribution is 2.18. The number of halogens is 1. The molecule has 0 radical (unpaired) electrons. The standard InChI is InChI=1S/C23H37N5O4.HI/c1-3-24-23(25-8-5-15-32-21-7-4-6-20(18-21)30-2)28-11-9-26(10-12-28)19-22(29)27-13-16-31-17-14-27;/h4,6-7,18H,3,5,8-17,19H2,1-2H3,(H,24,25);1H. The van der Waals surface area contributed by atoms with Crippen LogP contribution in [0.2, 0.25) is 0 Å². The number of piperazine rings is 1. The Kier molecular flexibility index (Phi) is 12.6. The zero-order valence-electron chi connectivity index (χ0n) is 19.8. The minimum Gasteiger partial charge on any atom is -0.497 e. The van der Waals surface area contributed by atoms with E-state index in [0.29, 0.717) is 46.0 Å². The molecule has 1 amide bonds. The van der Waals surface area contributed by atoms with Crippen LogP contribution in [0.5, 0.6) is 11.5 Å². The van der Waals surface area contributed by atoms with E-state index in [4.69, 9.17) is 19.2 Å². The molecule has 3 rings (SSSR count). The Morgan fingerprint density at radius 2 is 1.82 bits per heavy atom. The summed E-state index contributed by atoms with van der Waals surface area (Å²) < 4.78 is 16.4. The van der Waals surface area contributed by atoms with Gasteiger partial charge in [0, 0.05) is 64.8 Å². The van der Waals surface area contributed by atoms with Gasteiger partial charge < -0.3 is 29.3 Å². The quantitative estimate of drug-likeness (QED) is 0.207. The van der Waals surface area contributed by atoms with Crippen molar-refractivity contribution < 1.29 is 19.0 Å². The van der Waals surface area contributed by atoms with E-state index in [-0.39, 0.29) is 29.9 Å². The maximum absolute atomic E-state index is 12.5. The molecule has 1 N–H and O–H groups in total. The van der Waals surface area contributed by atoms with E-state index >= 15 is 0 Å². The number of hydrogen-bond donors (Lipinski definition) is 1. The highest BCUT2D eigenvalue weighted by atomic mass is 127. The highest BCUT2D eigenvalue weighted by Gasteiger charge is 2.24. The lowest BCUT2D eigenvalue weighted by Gasteiger charge is -2.37. The molecule has 2 fully saturated rings. The molecule has 10 heteroatoms. The molecule has 0 atom stereocenters. The third-order valence-corrected chi connectivity index (χ3v) is 5.60. The van der Waals surface area contributed by atoms with Gasteiger partial charge in [0.1, 0.15) is 11.5 Å². The van der Waals surface area contributed by atoms with Crippen molar-refractivity contribution in [3.8, 4) is 11.5 Å². The maximum Gasteiger partial charge on any atom is 0.236 e. The minimum atomic E-state index is 0. The number of carbonyl (C=O) groups is 1. The first-order chi connectivity index (χ1) is 15.7. The summed E-state index contributed by atoms with van der Waals surface area (Å²) in [6.45, 7) is 10.9. The summed E-state index contributed by atoms with van der Waals surface area (Å²) in [7, 11) is 1.65. The fraction of sp³-hybridized carbons (Fsp3) is 0.652. The Labute approximate surface area is 214 Å². The number of morpholine rings is 1. The van der Waals surface area contributed by atoms with E-state index in [2.05, 4.69) is 22.0 Å². The number of nitrogens with one attached hydrogen (secondary N) is 1. The number of hydrogen-bond acceptors (Lipinski definition) is 6. The fourth-order valence-corrected chi connectivity index (χ4v) is 3.78. The summed E-state index contributed by atoms with van der Waals surface area (Å²) in [5, 5.41) is 3.39. The molecule has 33 heavy (non-hydrogen) atoms. The van der Waals surface area contributed by atoms with Gasteiger partial charge in [0.05, 0.1) is 33.5 Å². The van der Waals surface area contributed by atoms with Gasteiger partial charge in [0.2, 0.25) is 5.91 Å². The molecule has 0 aliphatic carbocycles. The fourth-order valence-electron chi connectivity index (χ4n) is 3.78. The molecule has 1 aromatic rings. The zero-order valence-corrected chi connectivity index (χ0v) is 22.2. The third kappa shape index (κ3) is 9.17. The molecule has 0 bridgehead atoms. The van der Waals surface area contributed by atoms with Crippen molar-refractivity contribution in [1.29, 1.82) is 0 Å². The van der Waals surface area contributed by atoms with Gasteiger partial charge in [-0.25, -0.2) is 0 Å². The Hall–Kier alpha value is -1.79. The molecule has 9 nitrogen and oxygen atoms in total. The molecule has 2 heterocycles. The minimum absolute atomic E-state index is 0. The van der Waals surface area contributed by atoms with E-state index in [9.17, 15) is 4.79 Å². The Balaban J connectivity index is 0.00000385. The first-order valence-corrected chi connectivity index (χ1v) is 11.6. The number of benzene rings is 1. The van der Waals surface area contributed by atoms with Crippen LogP contribution in [0.1, 0.15) is 13.3 Å². The monoisotopic (exact) mass is 575 g/mol. The maximum atomic E-state index is 12.5. The van der Waals surface area contributed by atoms with Gasteiger partial charge in [-0.05, 0) is 19.1 Å². The molecule has 186 valence electrons. The number of amides is 1. The van der Waals surface area contributed by atoms with Crippen LogP contribution in [-0.2, 0) is 9.53 Å². The number of ether oxygens (including phenoxy) is 3. The molecular formula is C23H38IN5O4. The van der Waals surface area contributed by atoms with Crippen LogP contribution in [0.15, 0.2) is 29.3 Å². The molecule has 2 aliphatic rings. The van der Waals surface area contributed by atoms with Crippen molar-refractivity contribution in [3.05, 3.63) is 24.3 Å². The van der Waals surface area contributed by atoms with E-state index in [0.717, 1.165) is 56.6 Å². The predicted octanol–water partition coefficient (Wildman–Crippen LogP) is 1.52. The largest absolute Gasteiger partial charge is 0.497 e. The normalized spacial score (nSPS) is 17.3. The smallest absolute Gasteiger partial charge is 0.236 e. The number of carbonyl (C=O) groups excluding carboxylic acids is 1. The van der Waals surface area contributed by atoms with Crippen LogP contribution < -0.4 is 14.8 Å². The Morgan fingerprint density at radius 3 is 2.52 bits per heavy atom. The van der Waals surface area contributed by atoms with Gasteiger partial charge in [0.15, 0.2) is 5.96 Å². The second-order valence-corrected chi connectivity index (χ2v) is 7.87. The second-order valence-electron chi connectivity index (χ2n) is 7.87. The van der Waals surface area contributed by atoms with Crippen molar-refractivity contribution in [2.24, 2.45) is 4.99 Å². The molecule has 0 saturated carbocycles. The first-order valence-electron chi connectivity index (χ1n) is 11.6. The number of rotatable bonds is 9. The van der Waals surface area contributed by atoms with E-state index in [1.165, 1.54) is 0 Å². The van der Waals surface area contributed by atoms with Crippen LogP contribution in [0.3, 0.4) is 0 Å². The number of guanidine groups is 1. The van der Waals surface area contributed by atoms with Crippen molar-refractivity contribution in [3.63, 3.8) is 0 Å². The topological polar surface area (TPSA) is 78.9 Å². The average Bonchev–Trinajstić information content (AvgIpc) is 2.84. The van der Waals surface area contributed by atoms with Gasteiger partial charge in [-0.2, -0.15) is 0 Å². The average molecular weight is 575 g/mol. The van der Waals surface area contributed by atoms with Crippen molar-refractivity contribution in [2.75, 3.05) is 85.8 Å². The zero-order chi connectivity index (χ0) is 22.6. The molecular weight excluding hydrogens is 537 g/mol. The predicted molar refractivity (Wildman–Crippen MR) is 140 cm³/mol. The van der Waals surface area contributed by atoms with Gasteiger partial charge in [-0.1, -0.05) is 6.07 Å². The van der Waals surface area contributed by atoms with E-state index in [1.54, 1.807) is 7.11 Å². The lowest BCUT2D eigenvalue weighted by atomic mass is 10.3. The second kappa shape index (κ2) is 15.2. The van der Waals surface area contributed by atoms with Crippen LogP contribution in [-0.4, -0.2) is 112 Å². The van der Waals surface area contributed by atoms with Gasteiger partial charge in [-0.15, -0.1) is 24.0 Å². The van der Waals surface area contributed by atoms with E-state index in [1.807, 2.05) is 29.2 Å². The number of methoxy groups -OCH3 is 1. The molecule has 0 unspecified atom stereocenters. The van der Waals surface area contributed by atoms with Crippen molar-refractivity contribution in [2.45, 2.75) is 13.3 Å². The SMILES string of the molecule is CCNC(=NCCCOc1cccc(OC)c1)N1CCN(CC(=O)N2CCOCC2)CC1.I. The number of aliphatic imine (C=N–C) groups is 1. The molecule has 0 spiro atoms. The van der Waals surface area contributed by atoms with Crippen LogP contribution in [0.25, 0.3) is 0 Å². The molecule has 1 aromatic carbocycles. The Bertz CT molecular complexity index is 737. The summed E-state index contributed by atoms with van der Waals surface area (Å²) in [5.74, 6) is 2.75.